The molecule has 0 spiro atoms. The zero-order valence-electron chi connectivity index (χ0n) is 16.5. The number of anilines is 3. The highest BCUT2D eigenvalue weighted by Crippen LogP contribution is 2.29. The topological polar surface area (TPSA) is 45.2 Å². The number of halogens is 1. The van der Waals surface area contributed by atoms with Crippen molar-refractivity contribution in [3.63, 3.8) is 0 Å². The number of benzene rings is 2. The van der Waals surface area contributed by atoms with Gasteiger partial charge in [-0.05, 0) is 53.4 Å². The fraction of sp³-hybridized carbons (Fsp3) is 0.217. The Kier molecular flexibility index (Phi) is 5.71. The molecule has 0 aliphatic rings. The summed E-state index contributed by atoms with van der Waals surface area (Å²) in [4.78, 5) is 18.9. The van der Waals surface area contributed by atoms with E-state index in [0.29, 0.717) is 16.4 Å². The van der Waals surface area contributed by atoms with Crippen LogP contribution in [0.4, 0.5) is 17.2 Å². The number of nitrogens with one attached hydrogen (secondary N) is 1. The lowest BCUT2D eigenvalue weighted by atomic mass is 9.87. The Morgan fingerprint density at radius 3 is 2.39 bits per heavy atom. The summed E-state index contributed by atoms with van der Waals surface area (Å²) in [7, 11) is 1.87. The van der Waals surface area contributed by atoms with Gasteiger partial charge in [-0.2, -0.15) is 0 Å². The Bertz CT molecular complexity index is 978. The van der Waals surface area contributed by atoms with E-state index >= 15 is 0 Å². The maximum Gasteiger partial charge on any atom is 0.255 e. The van der Waals surface area contributed by atoms with Gasteiger partial charge < -0.3 is 10.2 Å². The average Bonchev–Trinajstić information content (AvgIpc) is 2.67. The van der Waals surface area contributed by atoms with Gasteiger partial charge in [-0.1, -0.05) is 50.6 Å². The van der Waals surface area contributed by atoms with E-state index in [1.165, 1.54) is 5.56 Å². The van der Waals surface area contributed by atoms with E-state index in [2.05, 4.69) is 31.1 Å². The van der Waals surface area contributed by atoms with E-state index in [1.807, 2.05) is 54.4 Å². The van der Waals surface area contributed by atoms with Crippen molar-refractivity contribution in [2.45, 2.75) is 26.2 Å². The fourth-order valence-electron chi connectivity index (χ4n) is 2.86. The molecule has 5 heteroatoms. The quantitative estimate of drug-likeness (QED) is 0.586. The first kappa shape index (κ1) is 19.9. The zero-order chi connectivity index (χ0) is 20.3. The molecule has 0 saturated heterocycles. The molecule has 4 nitrogen and oxygen atoms in total. The van der Waals surface area contributed by atoms with Gasteiger partial charge in [0.1, 0.15) is 0 Å². The first-order valence-electron chi connectivity index (χ1n) is 9.12. The van der Waals surface area contributed by atoms with Gasteiger partial charge in [0.2, 0.25) is 0 Å². The van der Waals surface area contributed by atoms with Gasteiger partial charge in [0.05, 0.1) is 5.02 Å². The van der Waals surface area contributed by atoms with Gasteiger partial charge in [0.15, 0.2) is 5.82 Å². The van der Waals surface area contributed by atoms with Crippen LogP contribution in [0.25, 0.3) is 0 Å². The van der Waals surface area contributed by atoms with Crippen LogP contribution >= 0.6 is 11.6 Å². The summed E-state index contributed by atoms with van der Waals surface area (Å²) in [6.07, 6.45) is 1.69. The molecule has 0 unspecified atom stereocenters. The molecule has 144 valence electrons. The standard InChI is InChI=1S/C23H24ClN3O/c1-23(2,3)17-10-12-18(13-11-17)26-22(28)16-7-5-8-19(15-16)27(4)21-20(24)9-6-14-25-21/h5-15H,1-4H3,(H,26,28). The Morgan fingerprint density at radius 1 is 1.04 bits per heavy atom. The molecule has 0 aliphatic carbocycles. The predicted molar refractivity (Wildman–Crippen MR) is 117 cm³/mol. The predicted octanol–water partition coefficient (Wildman–Crippen LogP) is 6.05. The smallest absolute Gasteiger partial charge is 0.255 e. The number of carbonyl (C=O) groups is 1. The lowest BCUT2D eigenvalue weighted by Crippen LogP contribution is -2.15. The highest BCUT2D eigenvalue weighted by molar-refractivity contribution is 6.33. The number of hydrogen-bond acceptors (Lipinski definition) is 3. The van der Waals surface area contributed by atoms with Crippen LogP contribution < -0.4 is 10.2 Å². The highest BCUT2D eigenvalue weighted by atomic mass is 35.5. The van der Waals surface area contributed by atoms with Crippen LogP contribution in [0.2, 0.25) is 5.02 Å². The van der Waals surface area contributed by atoms with Crippen LogP contribution in [-0.4, -0.2) is 17.9 Å². The minimum Gasteiger partial charge on any atom is -0.328 e. The Morgan fingerprint density at radius 2 is 1.75 bits per heavy atom. The Labute approximate surface area is 171 Å². The lowest BCUT2D eigenvalue weighted by molar-refractivity contribution is 0.102. The molecule has 0 aliphatic heterocycles. The Balaban J connectivity index is 1.78. The van der Waals surface area contributed by atoms with E-state index in [1.54, 1.807) is 24.4 Å². The van der Waals surface area contributed by atoms with E-state index in [4.69, 9.17) is 11.6 Å². The lowest BCUT2D eigenvalue weighted by Gasteiger charge is -2.20. The normalized spacial score (nSPS) is 11.2. The summed E-state index contributed by atoms with van der Waals surface area (Å²) in [6.45, 7) is 6.49. The minimum atomic E-state index is -0.161. The summed E-state index contributed by atoms with van der Waals surface area (Å²) in [6, 6.07) is 18.9. The van der Waals surface area contributed by atoms with Crippen LogP contribution in [0, 0.1) is 0 Å². The van der Waals surface area contributed by atoms with Crippen molar-refractivity contribution in [1.29, 1.82) is 0 Å². The number of hydrogen-bond donors (Lipinski definition) is 1. The van der Waals surface area contributed by atoms with E-state index in [-0.39, 0.29) is 11.3 Å². The van der Waals surface area contributed by atoms with Crippen LogP contribution in [0.1, 0.15) is 36.7 Å². The number of rotatable bonds is 4. The third-order valence-electron chi connectivity index (χ3n) is 4.56. The molecule has 1 aromatic heterocycles. The van der Waals surface area contributed by atoms with Crippen molar-refractivity contribution in [1.82, 2.24) is 4.98 Å². The molecular weight excluding hydrogens is 370 g/mol. The number of amides is 1. The monoisotopic (exact) mass is 393 g/mol. The second-order valence-electron chi connectivity index (χ2n) is 7.70. The maximum atomic E-state index is 12.7. The first-order chi connectivity index (χ1) is 13.3. The van der Waals surface area contributed by atoms with Gasteiger partial charge in [-0.15, -0.1) is 0 Å². The van der Waals surface area contributed by atoms with Gasteiger partial charge in [-0.3, -0.25) is 4.79 Å². The third kappa shape index (κ3) is 4.52. The van der Waals surface area contributed by atoms with Crippen molar-refractivity contribution in [3.05, 3.63) is 83.0 Å². The summed E-state index contributed by atoms with van der Waals surface area (Å²) >= 11 is 6.24. The molecule has 0 radical (unpaired) electrons. The molecule has 28 heavy (non-hydrogen) atoms. The van der Waals surface area contributed by atoms with E-state index in [9.17, 15) is 4.79 Å². The van der Waals surface area contributed by atoms with Crippen molar-refractivity contribution in [2.75, 3.05) is 17.3 Å². The molecule has 2 aromatic carbocycles. The van der Waals surface area contributed by atoms with Crippen LogP contribution in [0.3, 0.4) is 0 Å². The first-order valence-corrected chi connectivity index (χ1v) is 9.50. The maximum absolute atomic E-state index is 12.7. The zero-order valence-corrected chi connectivity index (χ0v) is 17.3. The highest BCUT2D eigenvalue weighted by Gasteiger charge is 2.15. The molecule has 0 fully saturated rings. The largest absolute Gasteiger partial charge is 0.328 e. The van der Waals surface area contributed by atoms with Crippen molar-refractivity contribution in [2.24, 2.45) is 0 Å². The second-order valence-corrected chi connectivity index (χ2v) is 8.11. The molecule has 1 amide bonds. The summed E-state index contributed by atoms with van der Waals surface area (Å²) in [5.41, 5.74) is 3.47. The summed E-state index contributed by atoms with van der Waals surface area (Å²) in [5.74, 6) is 0.477. The van der Waals surface area contributed by atoms with Gasteiger partial charge in [-0.25, -0.2) is 4.98 Å². The third-order valence-corrected chi connectivity index (χ3v) is 4.86. The van der Waals surface area contributed by atoms with Gasteiger partial charge >= 0.3 is 0 Å². The van der Waals surface area contributed by atoms with Gasteiger partial charge in [0.25, 0.3) is 5.91 Å². The SMILES string of the molecule is CN(c1cccc(C(=O)Nc2ccc(C(C)(C)C)cc2)c1)c1ncccc1Cl. The molecule has 1 N–H and O–H groups in total. The van der Waals surface area contributed by atoms with Crippen LogP contribution in [0.5, 0.6) is 0 Å². The van der Waals surface area contributed by atoms with E-state index < -0.39 is 0 Å². The number of pyridine rings is 1. The molecule has 1 heterocycles. The van der Waals surface area contributed by atoms with Gasteiger partial charge in [0, 0.05) is 30.2 Å². The fourth-order valence-corrected chi connectivity index (χ4v) is 3.11. The number of aromatic nitrogens is 1. The number of nitrogens with zero attached hydrogens (tertiary/aromatic N) is 2. The molecule has 3 rings (SSSR count). The molecule has 0 saturated carbocycles. The summed E-state index contributed by atoms with van der Waals surface area (Å²) < 4.78 is 0. The minimum absolute atomic E-state index is 0.0776. The van der Waals surface area contributed by atoms with Crippen LogP contribution in [-0.2, 0) is 5.41 Å². The molecule has 0 bridgehead atoms. The second kappa shape index (κ2) is 8.03. The molecular formula is C23H24ClN3O. The van der Waals surface area contributed by atoms with Crippen molar-refractivity contribution >= 4 is 34.7 Å². The van der Waals surface area contributed by atoms with Crippen LogP contribution in [0.15, 0.2) is 66.9 Å². The molecule has 0 atom stereocenters. The Hall–Kier alpha value is -2.85. The van der Waals surface area contributed by atoms with Crippen molar-refractivity contribution in [3.8, 4) is 0 Å². The molecule has 3 aromatic rings. The van der Waals surface area contributed by atoms with Crippen molar-refractivity contribution < 1.29 is 4.79 Å². The average molecular weight is 394 g/mol. The number of carbonyl (C=O) groups excluding carboxylic acids is 1. The van der Waals surface area contributed by atoms with E-state index in [0.717, 1.165) is 11.4 Å². The summed E-state index contributed by atoms with van der Waals surface area (Å²) in [5, 5.41) is 3.51.